The molecule has 3 nitrogen and oxygen atoms in total. The minimum atomic E-state index is 0. The van der Waals surface area contributed by atoms with Crippen LogP contribution in [0.4, 0.5) is 0 Å². The Kier molecular flexibility index (Phi) is 6.60. The van der Waals surface area contributed by atoms with Crippen molar-refractivity contribution in [3.63, 3.8) is 0 Å². The van der Waals surface area contributed by atoms with E-state index in [-0.39, 0.29) is 12.4 Å². The fourth-order valence-corrected chi connectivity index (χ4v) is 2.71. The molecule has 0 spiro atoms. The highest BCUT2D eigenvalue weighted by Crippen LogP contribution is 2.28. The molecule has 5 heteroatoms. The number of likely N-dealkylation sites (tertiary alicyclic amines) is 1. The molecule has 0 radical (unpaired) electrons. The third kappa shape index (κ3) is 4.95. The molecule has 0 amide bonds. The number of nitrogens with zero attached hydrogens (tertiary/aromatic N) is 1. The quantitative estimate of drug-likeness (QED) is 0.888. The summed E-state index contributed by atoms with van der Waals surface area (Å²) in [6.07, 6.45) is 1.19. The van der Waals surface area contributed by atoms with Crippen molar-refractivity contribution < 1.29 is 4.74 Å². The van der Waals surface area contributed by atoms with Gasteiger partial charge in [0.2, 0.25) is 0 Å². The summed E-state index contributed by atoms with van der Waals surface area (Å²) in [5, 5.41) is 0. The van der Waals surface area contributed by atoms with E-state index in [1.807, 2.05) is 24.3 Å². The number of hydrogen-bond acceptors (Lipinski definition) is 3. The molecule has 0 aromatic heterocycles. The second-order valence-corrected chi connectivity index (χ2v) is 6.26. The Balaban J connectivity index is 0.00000180. The van der Waals surface area contributed by atoms with Gasteiger partial charge >= 0.3 is 0 Å². The predicted octanol–water partition coefficient (Wildman–Crippen LogP) is 2.92. The van der Waals surface area contributed by atoms with Gasteiger partial charge in [0.1, 0.15) is 12.4 Å². The lowest BCUT2D eigenvalue weighted by Gasteiger charge is -2.22. The zero-order chi connectivity index (χ0) is 13.0. The van der Waals surface area contributed by atoms with Crippen molar-refractivity contribution in [2.75, 3.05) is 32.8 Å². The molecule has 1 saturated heterocycles. The van der Waals surface area contributed by atoms with Crippen LogP contribution in [0.3, 0.4) is 0 Å². The van der Waals surface area contributed by atoms with Gasteiger partial charge in [-0.2, -0.15) is 0 Å². The smallest absolute Gasteiger partial charge is 0.120 e. The van der Waals surface area contributed by atoms with Crippen molar-refractivity contribution in [1.82, 2.24) is 4.90 Å². The van der Waals surface area contributed by atoms with Crippen LogP contribution < -0.4 is 10.5 Å². The summed E-state index contributed by atoms with van der Waals surface area (Å²) in [5.41, 5.74) is 6.10. The Hall–Kier alpha value is -0.290. The lowest BCUT2D eigenvalue weighted by molar-refractivity contribution is 0.219. The van der Waals surface area contributed by atoms with E-state index in [2.05, 4.69) is 27.8 Å². The van der Waals surface area contributed by atoms with Gasteiger partial charge in [0.05, 0.1) is 0 Å². The van der Waals surface area contributed by atoms with Crippen LogP contribution in [0.2, 0.25) is 0 Å². The molecule has 1 heterocycles. The third-order valence-corrected chi connectivity index (χ3v) is 4.10. The van der Waals surface area contributed by atoms with Crippen molar-refractivity contribution in [3.8, 4) is 5.75 Å². The number of benzene rings is 1. The van der Waals surface area contributed by atoms with Crippen LogP contribution in [0.1, 0.15) is 13.3 Å². The molecule has 1 atom stereocenters. The molecule has 1 fully saturated rings. The minimum Gasteiger partial charge on any atom is -0.492 e. The molecule has 2 rings (SSSR count). The van der Waals surface area contributed by atoms with E-state index in [9.17, 15) is 0 Å². The molecule has 1 aromatic carbocycles. The lowest BCUT2D eigenvalue weighted by Crippen LogP contribution is -2.33. The number of rotatable bonds is 5. The van der Waals surface area contributed by atoms with Gasteiger partial charge in [-0.25, -0.2) is 0 Å². The molecular weight excluding hydrogens is 328 g/mol. The molecule has 19 heavy (non-hydrogen) atoms. The number of halogens is 2. The summed E-state index contributed by atoms with van der Waals surface area (Å²) in [4.78, 5) is 2.44. The van der Waals surface area contributed by atoms with Crippen LogP contribution in [0.15, 0.2) is 28.7 Å². The molecule has 0 aliphatic carbocycles. The van der Waals surface area contributed by atoms with Crippen molar-refractivity contribution >= 4 is 28.3 Å². The van der Waals surface area contributed by atoms with Gasteiger partial charge in [0, 0.05) is 17.6 Å². The van der Waals surface area contributed by atoms with Crippen LogP contribution in [0, 0.1) is 5.41 Å². The zero-order valence-corrected chi connectivity index (χ0v) is 13.7. The first-order valence-corrected chi connectivity index (χ1v) is 7.21. The van der Waals surface area contributed by atoms with Crippen LogP contribution in [0.5, 0.6) is 5.75 Å². The van der Waals surface area contributed by atoms with Crippen LogP contribution in [-0.4, -0.2) is 37.7 Å². The second kappa shape index (κ2) is 7.48. The molecule has 0 saturated carbocycles. The van der Waals surface area contributed by atoms with E-state index in [0.29, 0.717) is 5.41 Å². The number of nitrogens with two attached hydrogens (primary N) is 1. The highest BCUT2D eigenvalue weighted by molar-refractivity contribution is 9.10. The van der Waals surface area contributed by atoms with E-state index >= 15 is 0 Å². The van der Waals surface area contributed by atoms with Crippen LogP contribution in [-0.2, 0) is 0 Å². The molecule has 2 N–H and O–H groups in total. The van der Waals surface area contributed by atoms with E-state index in [4.69, 9.17) is 10.5 Å². The molecule has 1 aliphatic rings. The maximum Gasteiger partial charge on any atom is 0.120 e. The lowest BCUT2D eigenvalue weighted by atomic mass is 9.90. The largest absolute Gasteiger partial charge is 0.492 e. The van der Waals surface area contributed by atoms with E-state index in [0.717, 1.165) is 43.0 Å². The molecule has 1 aliphatic heterocycles. The summed E-state index contributed by atoms with van der Waals surface area (Å²) in [5.74, 6) is 0.921. The molecule has 1 unspecified atom stereocenters. The summed E-state index contributed by atoms with van der Waals surface area (Å²) in [6, 6.07) is 7.97. The Bertz CT molecular complexity index is 405. The first kappa shape index (κ1) is 16.8. The number of ether oxygens (including phenoxy) is 1. The van der Waals surface area contributed by atoms with Gasteiger partial charge < -0.3 is 10.5 Å². The van der Waals surface area contributed by atoms with Crippen LogP contribution >= 0.6 is 28.3 Å². The standard InChI is InChI=1S/C14H21BrN2O.ClH/c1-14(10-16)5-6-17(11-14)7-8-18-13-4-2-3-12(15)9-13;/h2-4,9H,5-8,10-11,16H2,1H3;1H. The van der Waals surface area contributed by atoms with Gasteiger partial charge in [-0.1, -0.05) is 28.9 Å². The van der Waals surface area contributed by atoms with Crippen molar-refractivity contribution in [1.29, 1.82) is 0 Å². The molecule has 0 bridgehead atoms. The van der Waals surface area contributed by atoms with Gasteiger partial charge in [-0.3, -0.25) is 4.90 Å². The zero-order valence-electron chi connectivity index (χ0n) is 11.3. The fraction of sp³-hybridized carbons (Fsp3) is 0.571. The number of hydrogen-bond donors (Lipinski definition) is 1. The van der Waals surface area contributed by atoms with E-state index < -0.39 is 0 Å². The van der Waals surface area contributed by atoms with Crippen LogP contribution in [0.25, 0.3) is 0 Å². The third-order valence-electron chi connectivity index (χ3n) is 3.60. The SMILES string of the molecule is CC1(CN)CCN(CCOc2cccc(Br)c2)C1.Cl. The average molecular weight is 350 g/mol. The Morgan fingerprint density at radius 1 is 1.47 bits per heavy atom. The molecule has 1 aromatic rings. The Morgan fingerprint density at radius 3 is 2.89 bits per heavy atom. The maximum absolute atomic E-state index is 5.80. The summed E-state index contributed by atoms with van der Waals surface area (Å²) >= 11 is 3.44. The second-order valence-electron chi connectivity index (χ2n) is 5.35. The summed E-state index contributed by atoms with van der Waals surface area (Å²) in [6.45, 7) is 6.97. The topological polar surface area (TPSA) is 38.5 Å². The maximum atomic E-state index is 5.80. The predicted molar refractivity (Wildman–Crippen MR) is 85.1 cm³/mol. The van der Waals surface area contributed by atoms with E-state index in [1.165, 1.54) is 6.42 Å². The highest BCUT2D eigenvalue weighted by atomic mass is 79.9. The van der Waals surface area contributed by atoms with Gasteiger partial charge in [0.25, 0.3) is 0 Å². The normalized spacial score (nSPS) is 23.1. The van der Waals surface area contributed by atoms with Gasteiger partial charge in [-0.05, 0) is 43.1 Å². The first-order chi connectivity index (χ1) is 8.61. The van der Waals surface area contributed by atoms with Crippen molar-refractivity contribution in [2.24, 2.45) is 11.1 Å². The molecule has 108 valence electrons. The first-order valence-electron chi connectivity index (χ1n) is 6.42. The summed E-state index contributed by atoms with van der Waals surface area (Å²) in [7, 11) is 0. The Morgan fingerprint density at radius 2 is 2.26 bits per heavy atom. The highest BCUT2D eigenvalue weighted by Gasteiger charge is 2.31. The van der Waals surface area contributed by atoms with Crippen molar-refractivity contribution in [3.05, 3.63) is 28.7 Å². The molecular formula is C14H22BrClN2O. The van der Waals surface area contributed by atoms with E-state index in [1.54, 1.807) is 0 Å². The minimum absolute atomic E-state index is 0. The summed E-state index contributed by atoms with van der Waals surface area (Å²) < 4.78 is 6.80. The average Bonchev–Trinajstić information content (AvgIpc) is 2.72. The monoisotopic (exact) mass is 348 g/mol. The van der Waals surface area contributed by atoms with Gasteiger partial charge in [0.15, 0.2) is 0 Å². The Labute approximate surface area is 130 Å². The fourth-order valence-electron chi connectivity index (χ4n) is 2.33. The van der Waals surface area contributed by atoms with Gasteiger partial charge in [-0.15, -0.1) is 12.4 Å². The van der Waals surface area contributed by atoms with Crippen molar-refractivity contribution in [2.45, 2.75) is 13.3 Å².